The van der Waals surface area contributed by atoms with Crippen molar-refractivity contribution < 1.29 is 24.2 Å². The molecule has 16 heavy (non-hydrogen) atoms. The van der Waals surface area contributed by atoms with E-state index in [0.29, 0.717) is 5.76 Å². The molecule has 0 atom stereocenters. The fourth-order valence-electron chi connectivity index (χ4n) is 0.987. The minimum absolute atomic E-state index is 0.0554. The number of aliphatic carboxylic acids is 2. The quantitative estimate of drug-likeness (QED) is 0.598. The summed E-state index contributed by atoms with van der Waals surface area (Å²) in [6.07, 6.45) is 3.74. The standard InChI is InChI=1S/C11H10O5/c1-7(10(12)13)5-8(11(14)15)6-9-3-2-4-16-9/h2-6H,1H3,(H,12,13)(H,14,15). The van der Waals surface area contributed by atoms with Crippen molar-refractivity contribution in [3.8, 4) is 0 Å². The molecule has 5 heteroatoms. The molecule has 0 aromatic carbocycles. The lowest BCUT2D eigenvalue weighted by Gasteiger charge is -1.96. The third-order valence-corrected chi connectivity index (χ3v) is 1.80. The predicted molar refractivity (Wildman–Crippen MR) is 55.7 cm³/mol. The zero-order chi connectivity index (χ0) is 12.1. The molecular weight excluding hydrogens is 212 g/mol. The molecule has 0 saturated carbocycles. The van der Waals surface area contributed by atoms with Gasteiger partial charge in [0.25, 0.3) is 0 Å². The predicted octanol–water partition coefficient (Wildman–Crippen LogP) is 1.78. The molecule has 1 rings (SSSR count). The maximum absolute atomic E-state index is 10.8. The Kier molecular flexibility index (Phi) is 3.66. The highest BCUT2D eigenvalue weighted by molar-refractivity contribution is 5.98. The third-order valence-electron chi connectivity index (χ3n) is 1.80. The van der Waals surface area contributed by atoms with Crippen molar-refractivity contribution in [3.05, 3.63) is 41.4 Å². The van der Waals surface area contributed by atoms with Crippen LogP contribution in [0.2, 0.25) is 0 Å². The van der Waals surface area contributed by atoms with Crippen molar-refractivity contribution in [2.24, 2.45) is 0 Å². The van der Waals surface area contributed by atoms with E-state index in [-0.39, 0.29) is 11.1 Å². The van der Waals surface area contributed by atoms with Crippen molar-refractivity contribution >= 4 is 18.0 Å². The van der Waals surface area contributed by atoms with Gasteiger partial charge in [0, 0.05) is 5.57 Å². The summed E-state index contributed by atoms with van der Waals surface area (Å²) in [6.45, 7) is 1.32. The average Bonchev–Trinajstić information content (AvgIpc) is 2.68. The van der Waals surface area contributed by atoms with Crippen LogP contribution < -0.4 is 0 Å². The number of rotatable bonds is 4. The summed E-state index contributed by atoms with van der Waals surface area (Å²) in [4.78, 5) is 21.4. The summed E-state index contributed by atoms with van der Waals surface area (Å²) in [5.74, 6) is -2.02. The summed E-state index contributed by atoms with van der Waals surface area (Å²) < 4.78 is 4.94. The van der Waals surface area contributed by atoms with Crippen LogP contribution in [-0.4, -0.2) is 22.2 Å². The van der Waals surface area contributed by atoms with Crippen LogP contribution in [0.15, 0.2) is 40.0 Å². The van der Waals surface area contributed by atoms with Crippen LogP contribution in [0.25, 0.3) is 6.08 Å². The summed E-state index contributed by atoms with van der Waals surface area (Å²) in [5, 5.41) is 17.5. The van der Waals surface area contributed by atoms with E-state index in [2.05, 4.69) is 0 Å². The van der Waals surface area contributed by atoms with E-state index in [1.165, 1.54) is 19.3 Å². The van der Waals surface area contributed by atoms with Gasteiger partial charge in [0.1, 0.15) is 5.76 Å². The fourth-order valence-corrected chi connectivity index (χ4v) is 0.987. The molecule has 0 amide bonds. The monoisotopic (exact) mass is 222 g/mol. The number of carbonyl (C=O) groups is 2. The molecule has 0 spiro atoms. The molecule has 2 N–H and O–H groups in total. The fraction of sp³-hybridized carbons (Fsp3) is 0.0909. The summed E-state index contributed by atoms with van der Waals surface area (Å²) in [5.41, 5.74) is -0.199. The van der Waals surface area contributed by atoms with Crippen LogP contribution in [0.5, 0.6) is 0 Å². The van der Waals surface area contributed by atoms with Crippen molar-refractivity contribution in [2.45, 2.75) is 6.92 Å². The third kappa shape index (κ3) is 3.13. The van der Waals surface area contributed by atoms with Gasteiger partial charge in [-0.05, 0) is 31.2 Å². The molecule has 0 bridgehead atoms. The number of furan rings is 1. The first-order valence-electron chi connectivity index (χ1n) is 4.41. The van der Waals surface area contributed by atoms with Gasteiger partial charge in [0.15, 0.2) is 0 Å². The molecule has 1 aromatic rings. The van der Waals surface area contributed by atoms with Crippen molar-refractivity contribution in [2.75, 3.05) is 0 Å². The van der Waals surface area contributed by atoms with E-state index in [4.69, 9.17) is 14.6 Å². The minimum Gasteiger partial charge on any atom is -0.478 e. The van der Waals surface area contributed by atoms with Gasteiger partial charge in [-0.3, -0.25) is 0 Å². The van der Waals surface area contributed by atoms with E-state index in [0.717, 1.165) is 6.08 Å². The second-order valence-corrected chi connectivity index (χ2v) is 3.05. The van der Waals surface area contributed by atoms with Crippen LogP contribution in [0, 0.1) is 0 Å². The lowest BCUT2D eigenvalue weighted by Crippen LogP contribution is -2.02. The molecule has 0 aliphatic carbocycles. The number of hydrogen-bond acceptors (Lipinski definition) is 3. The van der Waals surface area contributed by atoms with Gasteiger partial charge < -0.3 is 14.6 Å². The largest absolute Gasteiger partial charge is 0.478 e. The Morgan fingerprint density at radius 2 is 2.00 bits per heavy atom. The highest BCUT2D eigenvalue weighted by Gasteiger charge is 2.08. The Hall–Kier alpha value is -2.30. The lowest BCUT2D eigenvalue weighted by molar-refractivity contribution is -0.132. The SMILES string of the molecule is CC(=CC(=Cc1ccco1)C(=O)O)C(=O)O. The highest BCUT2D eigenvalue weighted by Crippen LogP contribution is 2.11. The van der Waals surface area contributed by atoms with E-state index in [1.54, 1.807) is 12.1 Å². The van der Waals surface area contributed by atoms with Crippen LogP contribution >= 0.6 is 0 Å². The molecule has 0 unspecified atom stereocenters. The Bertz CT molecular complexity index is 451. The first kappa shape index (κ1) is 11.8. The van der Waals surface area contributed by atoms with Gasteiger partial charge in [-0.1, -0.05) is 0 Å². The Labute approximate surface area is 91.3 Å². The van der Waals surface area contributed by atoms with Crippen molar-refractivity contribution in [3.63, 3.8) is 0 Å². The summed E-state index contributed by atoms with van der Waals surface area (Å²) in [6, 6.07) is 3.19. The first-order valence-corrected chi connectivity index (χ1v) is 4.41. The molecule has 84 valence electrons. The van der Waals surface area contributed by atoms with E-state index in [9.17, 15) is 9.59 Å². The molecular formula is C11H10O5. The van der Waals surface area contributed by atoms with Crippen LogP contribution in [-0.2, 0) is 9.59 Å². The van der Waals surface area contributed by atoms with Crippen LogP contribution in [0.4, 0.5) is 0 Å². The number of carboxylic acid groups (broad SMARTS) is 2. The van der Waals surface area contributed by atoms with Gasteiger partial charge in [0.2, 0.25) is 0 Å². The van der Waals surface area contributed by atoms with E-state index in [1.807, 2.05) is 0 Å². The normalized spacial score (nSPS) is 12.6. The maximum Gasteiger partial charge on any atom is 0.335 e. The second kappa shape index (κ2) is 4.97. The van der Waals surface area contributed by atoms with E-state index >= 15 is 0 Å². The molecule has 0 fully saturated rings. The lowest BCUT2D eigenvalue weighted by atomic mass is 10.1. The van der Waals surface area contributed by atoms with Crippen molar-refractivity contribution in [1.29, 1.82) is 0 Å². The van der Waals surface area contributed by atoms with Crippen LogP contribution in [0.3, 0.4) is 0 Å². The van der Waals surface area contributed by atoms with Gasteiger partial charge in [0.05, 0.1) is 11.8 Å². The van der Waals surface area contributed by atoms with Gasteiger partial charge in [-0.25, -0.2) is 9.59 Å². The Balaban J connectivity index is 3.06. The number of hydrogen-bond donors (Lipinski definition) is 2. The minimum atomic E-state index is -1.21. The molecule has 1 heterocycles. The summed E-state index contributed by atoms with van der Waals surface area (Å²) in [7, 11) is 0. The topological polar surface area (TPSA) is 87.7 Å². The van der Waals surface area contributed by atoms with Gasteiger partial charge in [-0.15, -0.1) is 0 Å². The molecule has 0 radical (unpaired) electrons. The molecule has 0 saturated heterocycles. The van der Waals surface area contributed by atoms with Gasteiger partial charge in [-0.2, -0.15) is 0 Å². The maximum atomic E-state index is 10.8. The molecule has 0 aliphatic rings. The Morgan fingerprint density at radius 1 is 1.31 bits per heavy atom. The summed E-state index contributed by atoms with van der Waals surface area (Å²) >= 11 is 0. The highest BCUT2D eigenvalue weighted by atomic mass is 16.4. The first-order chi connectivity index (χ1) is 7.50. The van der Waals surface area contributed by atoms with Crippen LogP contribution in [0.1, 0.15) is 12.7 Å². The average molecular weight is 222 g/mol. The second-order valence-electron chi connectivity index (χ2n) is 3.05. The number of carboxylic acids is 2. The Morgan fingerprint density at radius 3 is 2.44 bits per heavy atom. The van der Waals surface area contributed by atoms with Gasteiger partial charge >= 0.3 is 11.9 Å². The smallest absolute Gasteiger partial charge is 0.335 e. The molecule has 1 aromatic heterocycles. The zero-order valence-corrected chi connectivity index (χ0v) is 8.51. The zero-order valence-electron chi connectivity index (χ0n) is 8.51. The van der Waals surface area contributed by atoms with Crippen molar-refractivity contribution in [1.82, 2.24) is 0 Å². The molecule has 5 nitrogen and oxygen atoms in total. The van der Waals surface area contributed by atoms with E-state index < -0.39 is 11.9 Å². The molecule has 0 aliphatic heterocycles.